The summed E-state index contributed by atoms with van der Waals surface area (Å²) in [4.78, 5) is 48.6. The van der Waals surface area contributed by atoms with Gasteiger partial charge in [-0.2, -0.15) is 0 Å². The first-order valence-electron chi connectivity index (χ1n) is 8.65. The molecule has 0 radical (unpaired) electrons. The molecule has 1 aromatic heterocycles. The summed E-state index contributed by atoms with van der Waals surface area (Å²) in [6.07, 6.45) is 0.389. The molecule has 0 atom stereocenters. The zero-order valence-electron chi connectivity index (χ0n) is 14.9. The van der Waals surface area contributed by atoms with E-state index in [1.54, 1.807) is 19.1 Å². The highest BCUT2D eigenvalue weighted by Gasteiger charge is 2.30. The standard InChI is InChI=1S/C21H15NO6/c1-12-10-20(25)28-17-11-15(6-7-16(12)17)27-21(26)13-2-4-14(5-3-13)22-18(23)8-9-19(22)24/h2-7,10-11H,8-9H2,1H3. The van der Waals surface area contributed by atoms with Gasteiger partial charge in [-0.1, -0.05) is 0 Å². The normalized spacial score (nSPS) is 14.0. The number of nitrogens with zero attached hydrogens (tertiary/aromatic N) is 1. The molecule has 1 aliphatic heterocycles. The average molecular weight is 377 g/mol. The smallest absolute Gasteiger partial charge is 0.343 e. The quantitative estimate of drug-likeness (QED) is 0.301. The Morgan fingerprint density at radius 1 is 0.964 bits per heavy atom. The van der Waals surface area contributed by atoms with E-state index in [-0.39, 0.29) is 36.0 Å². The molecular formula is C21H15NO6. The number of fused-ring (bicyclic) bond motifs is 1. The fourth-order valence-electron chi connectivity index (χ4n) is 3.15. The van der Waals surface area contributed by atoms with Gasteiger partial charge in [0.15, 0.2) is 0 Å². The monoisotopic (exact) mass is 377 g/mol. The Kier molecular flexibility index (Phi) is 4.27. The second-order valence-corrected chi connectivity index (χ2v) is 6.47. The summed E-state index contributed by atoms with van der Waals surface area (Å²) in [6.45, 7) is 1.79. The van der Waals surface area contributed by atoms with Crippen LogP contribution in [0.5, 0.6) is 5.75 Å². The van der Waals surface area contributed by atoms with E-state index in [0.29, 0.717) is 11.3 Å². The van der Waals surface area contributed by atoms with Crippen LogP contribution in [0, 0.1) is 6.92 Å². The molecule has 4 rings (SSSR count). The third-order valence-electron chi connectivity index (χ3n) is 4.55. The van der Waals surface area contributed by atoms with Gasteiger partial charge in [-0.15, -0.1) is 0 Å². The summed E-state index contributed by atoms with van der Waals surface area (Å²) >= 11 is 0. The van der Waals surface area contributed by atoms with Crippen molar-refractivity contribution in [1.29, 1.82) is 0 Å². The molecule has 3 aromatic rings. The Labute approximate surface area is 159 Å². The van der Waals surface area contributed by atoms with E-state index in [1.807, 2.05) is 0 Å². The van der Waals surface area contributed by atoms with Crippen LogP contribution in [0.2, 0.25) is 0 Å². The first-order chi connectivity index (χ1) is 13.4. The maximum absolute atomic E-state index is 12.4. The van der Waals surface area contributed by atoms with E-state index < -0.39 is 11.6 Å². The lowest BCUT2D eigenvalue weighted by molar-refractivity contribution is -0.121. The number of hydrogen-bond donors (Lipinski definition) is 0. The molecule has 0 N–H and O–H groups in total. The fourth-order valence-corrected chi connectivity index (χ4v) is 3.15. The van der Waals surface area contributed by atoms with E-state index in [2.05, 4.69) is 0 Å². The van der Waals surface area contributed by atoms with Crippen molar-refractivity contribution >= 4 is 34.4 Å². The van der Waals surface area contributed by atoms with Crippen LogP contribution < -0.4 is 15.3 Å². The van der Waals surface area contributed by atoms with Gasteiger partial charge in [0, 0.05) is 30.4 Å². The fraction of sp³-hybridized carbons (Fsp3) is 0.143. The van der Waals surface area contributed by atoms with Gasteiger partial charge in [-0.25, -0.2) is 9.59 Å². The number of esters is 1. The van der Waals surface area contributed by atoms with Crippen LogP contribution >= 0.6 is 0 Å². The van der Waals surface area contributed by atoms with Crippen molar-refractivity contribution in [3.8, 4) is 5.75 Å². The molecule has 1 saturated heterocycles. The van der Waals surface area contributed by atoms with Crippen molar-refractivity contribution in [2.45, 2.75) is 19.8 Å². The van der Waals surface area contributed by atoms with Gasteiger partial charge in [-0.05, 0) is 48.9 Å². The minimum absolute atomic E-state index is 0.195. The van der Waals surface area contributed by atoms with Crippen molar-refractivity contribution in [1.82, 2.24) is 0 Å². The lowest BCUT2D eigenvalue weighted by Gasteiger charge is -2.14. The largest absolute Gasteiger partial charge is 0.423 e. The third-order valence-corrected chi connectivity index (χ3v) is 4.55. The zero-order chi connectivity index (χ0) is 19.8. The molecule has 7 nitrogen and oxygen atoms in total. The van der Waals surface area contributed by atoms with Crippen LogP contribution in [-0.2, 0) is 9.59 Å². The summed E-state index contributed by atoms with van der Waals surface area (Å²) in [7, 11) is 0. The molecule has 0 saturated carbocycles. The summed E-state index contributed by atoms with van der Waals surface area (Å²) in [6, 6.07) is 12.2. The first-order valence-corrected chi connectivity index (χ1v) is 8.65. The van der Waals surface area contributed by atoms with Gasteiger partial charge in [0.2, 0.25) is 11.8 Å². The molecule has 0 aliphatic carbocycles. The summed E-state index contributed by atoms with van der Waals surface area (Å²) < 4.78 is 10.5. The van der Waals surface area contributed by atoms with Crippen LogP contribution in [0.4, 0.5) is 5.69 Å². The van der Waals surface area contributed by atoms with Gasteiger partial charge in [0.25, 0.3) is 0 Å². The number of anilines is 1. The van der Waals surface area contributed by atoms with E-state index in [9.17, 15) is 19.2 Å². The van der Waals surface area contributed by atoms with Gasteiger partial charge in [0.1, 0.15) is 11.3 Å². The molecule has 0 bridgehead atoms. The molecule has 2 heterocycles. The molecule has 7 heteroatoms. The number of benzene rings is 2. The Balaban J connectivity index is 1.55. The highest BCUT2D eigenvalue weighted by Crippen LogP contribution is 2.25. The molecule has 2 aromatic carbocycles. The molecule has 1 fully saturated rings. The first kappa shape index (κ1) is 17.7. The van der Waals surface area contributed by atoms with Gasteiger partial charge in [0.05, 0.1) is 11.3 Å². The minimum atomic E-state index is -0.611. The number of carbonyl (C=O) groups is 3. The minimum Gasteiger partial charge on any atom is -0.423 e. The molecule has 140 valence electrons. The number of ether oxygens (including phenoxy) is 1. The molecular weight excluding hydrogens is 362 g/mol. The number of imide groups is 1. The van der Waals surface area contributed by atoms with Gasteiger partial charge < -0.3 is 9.15 Å². The van der Waals surface area contributed by atoms with Gasteiger partial charge in [-0.3, -0.25) is 14.5 Å². The maximum atomic E-state index is 12.4. The molecule has 0 spiro atoms. The predicted octanol–water partition coefficient (Wildman–Crippen LogP) is 2.97. The Morgan fingerprint density at radius 3 is 2.32 bits per heavy atom. The second kappa shape index (κ2) is 6.77. The SMILES string of the molecule is Cc1cc(=O)oc2cc(OC(=O)c3ccc(N4C(=O)CCC4=O)cc3)ccc12. The van der Waals surface area contributed by atoms with Crippen molar-refractivity contribution in [3.63, 3.8) is 0 Å². The number of rotatable bonds is 3. The van der Waals surface area contributed by atoms with Crippen LogP contribution in [0.1, 0.15) is 28.8 Å². The third kappa shape index (κ3) is 3.18. The highest BCUT2D eigenvalue weighted by molar-refractivity contribution is 6.19. The van der Waals surface area contributed by atoms with Crippen molar-refractivity contribution in [2.75, 3.05) is 4.90 Å². The summed E-state index contributed by atoms with van der Waals surface area (Å²) in [5, 5.41) is 0.753. The van der Waals surface area contributed by atoms with E-state index in [4.69, 9.17) is 9.15 Å². The highest BCUT2D eigenvalue weighted by atomic mass is 16.5. The zero-order valence-corrected chi connectivity index (χ0v) is 14.9. The van der Waals surface area contributed by atoms with Crippen molar-refractivity contribution < 1.29 is 23.5 Å². The van der Waals surface area contributed by atoms with Crippen molar-refractivity contribution in [2.24, 2.45) is 0 Å². The number of amides is 2. The van der Waals surface area contributed by atoms with Crippen LogP contribution in [0.15, 0.2) is 57.7 Å². The predicted molar refractivity (Wildman–Crippen MR) is 100 cm³/mol. The lowest BCUT2D eigenvalue weighted by Crippen LogP contribution is -2.28. The van der Waals surface area contributed by atoms with Crippen LogP contribution in [0.25, 0.3) is 11.0 Å². The van der Waals surface area contributed by atoms with E-state index >= 15 is 0 Å². The number of aryl methyl sites for hydroxylation is 1. The van der Waals surface area contributed by atoms with E-state index in [1.165, 1.54) is 36.4 Å². The summed E-state index contributed by atoms with van der Waals surface area (Å²) in [5.41, 5.74) is 1.30. The second-order valence-electron chi connectivity index (χ2n) is 6.47. The van der Waals surface area contributed by atoms with Crippen LogP contribution in [0.3, 0.4) is 0 Å². The Hall–Kier alpha value is -3.74. The molecule has 28 heavy (non-hydrogen) atoms. The number of carbonyl (C=O) groups excluding carboxylic acids is 3. The van der Waals surface area contributed by atoms with E-state index in [0.717, 1.165) is 15.8 Å². The molecule has 0 unspecified atom stereocenters. The molecule has 2 amide bonds. The van der Waals surface area contributed by atoms with Gasteiger partial charge >= 0.3 is 11.6 Å². The lowest BCUT2D eigenvalue weighted by atomic mass is 10.1. The maximum Gasteiger partial charge on any atom is 0.343 e. The topological polar surface area (TPSA) is 93.9 Å². The summed E-state index contributed by atoms with van der Waals surface area (Å²) in [5.74, 6) is -0.887. The average Bonchev–Trinajstić information content (AvgIpc) is 2.99. The van der Waals surface area contributed by atoms with Crippen LogP contribution in [-0.4, -0.2) is 17.8 Å². The Bertz CT molecular complexity index is 1160. The Morgan fingerprint density at radius 2 is 1.64 bits per heavy atom. The molecule has 1 aliphatic rings. The van der Waals surface area contributed by atoms with Crippen molar-refractivity contribution in [3.05, 3.63) is 70.1 Å². The number of hydrogen-bond acceptors (Lipinski definition) is 6.